The summed E-state index contributed by atoms with van der Waals surface area (Å²) < 4.78 is 15.9. The Bertz CT molecular complexity index is 1430. The lowest BCUT2D eigenvalue weighted by Gasteiger charge is -2.19. The number of fused-ring (bicyclic) bond motifs is 2. The highest BCUT2D eigenvalue weighted by Crippen LogP contribution is 2.39. The average molecular weight is 440 g/mol. The molecule has 5 nitrogen and oxygen atoms in total. The summed E-state index contributed by atoms with van der Waals surface area (Å²) in [6.45, 7) is 2.07. The van der Waals surface area contributed by atoms with Gasteiger partial charge in [-0.15, -0.1) is 0 Å². The van der Waals surface area contributed by atoms with Gasteiger partial charge in [0.15, 0.2) is 0 Å². The molecule has 0 spiro atoms. The summed E-state index contributed by atoms with van der Waals surface area (Å²) in [5.41, 5.74) is 6.40. The Labute approximate surface area is 191 Å². The zero-order valence-electron chi connectivity index (χ0n) is 18.6. The monoisotopic (exact) mass is 439 g/mol. The van der Waals surface area contributed by atoms with E-state index in [1.54, 1.807) is 0 Å². The molecule has 1 saturated heterocycles. The molecule has 1 atom stereocenters. The van der Waals surface area contributed by atoms with Crippen molar-refractivity contribution in [1.29, 1.82) is 0 Å². The van der Waals surface area contributed by atoms with E-state index in [0.717, 1.165) is 57.0 Å². The molecule has 0 radical (unpaired) electrons. The Morgan fingerprint density at radius 1 is 1.03 bits per heavy atom. The minimum atomic E-state index is -0.233. The predicted octanol–water partition coefficient (Wildman–Crippen LogP) is 5.87. The van der Waals surface area contributed by atoms with Crippen LogP contribution in [0.1, 0.15) is 19.3 Å². The Morgan fingerprint density at radius 3 is 2.70 bits per heavy atom. The lowest BCUT2D eigenvalue weighted by molar-refractivity contribution is 0.284. The van der Waals surface area contributed by atoms with Gasteiger partial charge in [0.05, 0.1) is 23.4 Å². The molecule has 6 heteroatoms. The molecule has 166 valence electrons. The van der Waals surface area contributed by atoms with E-state index in [2.05, 4.69) is 57.2 Å². The molecule has 33 heavy (non-hydrogen) atoms. The summed E-state index contributed by atoms with van der Waals surface area (Å²) in [4.78, 5) is 2.46. The third-order valence-electron chi connectivity index (χ3n) is 7.06. The smallest absolute Gasteiger partial charge is 0.123 e. The lowest BCUT2D eigenvalue weighted by Crippen LogP contribution is -2.26. The van der Waals surface area contributed by atoms with Crippen LogP contribution < -0.4 is 0 Å². The highest BCUT2D eigenvalue weighted by Gasteiger charge is 2.21. The summed E-state index contributed by atoms with van der Waals surface area (Å²) in [6.07, 6.45) is 7.44. The zero-order chi connectivity index (χ0) is 22.4. The molecule has 0 bridgehead atoms. The number of aryl methyl sites for hydroxylation is 1. The van der Waals surface area contributed by atoms with Crippen molar-refractivity contribution in [2.75, 3.05) is 13.6 Å². The van der Waals surface area contributed by atoms with Gasteiger partial charge >= 0.3 is 0 Å². The Kier molecular flexibility index (Phi) is 4.95. The van der Waals surface area contributed by atoms with Gasteiger partial charge in [-0.1, -0.05) is 24.3 Å². The summed E-state index contributed by atoms with van der Waals surface area (Å²) >= 11 is 0. The number of H-pyrrole nitrogens is 1. The highest BCUT2D eigenvalue weighted by atomic mass is 19.1. The first-order valence-corrected chi connectivity index (χ1v) is 11.6. The molecule has 2 aromatic heterocycles. The van der Waals surface area contributed by atoms with Crippen molar-refractivity contribution in [2.24, 2.45) is 0 Å². The van der Waals surface area contributed by atoms with Crippen molar-refractivity contribution >= 4 is 21.8 Å². The fourth-order valence-electron chi connectivity index (χ4n) is 5.23. The van der Waals surface area contributed by atoms with Crippen LogP contribution >= 0.6 is 0 Å². The van der Waals surface area contributed by atoms with Gasteiger partial charge in [0, 0.05) is 28.9 Å². The number of rotatable bonds is 5. The molecule has 3 heterocycles. The van der Waals surface area contributed by atoms with E-state index in [1.807, 2.05) is 24.5 Å². The average Bonchev–Trinajstić information content (AvgIpc) is 3.57. The van der Waals surface area contributed by atoms with Gasteiger partial charge in [0.2, 0.25) is 0 Å². The van der Waals surface area contributed by atoms with Crippen molar-refractivity contribution < 1.29 is 4.39 Å². The van der Waals surface area contributed by atoms with Crippen molar-refractivity contribution in [3.8, 4) is 22.3 Å². The molecular weight excluding hydrogens is 413 g/mol. The van der Waals surface area contributed by atoms with Gasteiger partial charge < -0.3 is 4.90 Å². The van der Waals surface area contributed by atoms with E-state index < -0.39 is 0 Å². The van der Waals surface area contributed by atoms with E-state index >= 15 is 0 Å². The van der Waals surface area contributed by atoms with E-state index in [1.165, 1.54) is 31.5 Å². The second-order valence-corrected chi connectivity index (χ2v) is 9.03. The normalized spacial score (nSPS) is 16.8. The summed E-state index contributed by atoms with van der Waals surface area (Å²) in [6, 6.07) is 18.0. The predicted molar refractivity (Wildman–Crippen MR) is 130 cm³/mol. The molecule has 0 aliphatic carbocycles. The first-order chi connectivity index (χ1) is 16.2. The van der Waals surface area contributed by atoms with Gasteiger partial charge in [-0.2, -0.15) is 10.2 Å². The quantitative estimate of drug-likeness (QED) is 0.373. The molecule has 1 aliphatic rings. The van der Waals surface area contributed by atoms with Crippen LogP contribution in [0.15, 0.2) is 67.0 Å². The van der Waals surface area contributed by atoms with Crippen molar-refractivity contribution in [3.63, 3.8) is 0 Å². The molecule has 1 N–H and O–H groups in total. The fraction of sp³-hybridized carbons (Fsp3) is 0.259. The van der Waals surface area contributed by atoms with E-state index in [0.29, 0.717) is 6.04 Å². The number of hydrogen-bond acceptors (Lipinski definition) is 3. The van der Waals surface area contributed by atoms with Gasteiger partial charge in [-0.05, 0) is 79.9 Å². The maximum atomic E-state index is 13.7. The number of aromatic amines is 1. The summed E-state index contributed by atoms with van der Waals surface area (Å²) in [7, 11) is 2.22. The Balaban J connectivity index is 1.47. The third kappa shape index (κ3) is 3.60. The second-order valence-electron chi connectivity index (χ2n) is 9.03. The number of likely N-dealkylation sites (tertiary alicyclic amines) is 1. The van der Waals surface area contributed by atoms with Gasteiger partial charge in [-0.3, -0.25) is 9.78 Å². The van der Waals surface area contributed by atoms with Crippen LogP contribution in [0.5, 0.6) is 0 Å². The van der Waals surface area contributed by atoms with Gasteiger partial charge in [0.25, 0.3) is 0 Å². The fourth-order valence-corrected chi connectivity index (χ4v) is 5.23. The lowest BCUT2D eigenvalue weighted by atomic mass is 9.91. The summed E-state index contributed by atoms with van der Waals surface area (Å²) in [5.74, 6) is -0.233. The first-order valence-electron chi connectivity index (χ1n) is 11.6. The molecule has 3 aromatic carbocycles. The van der Waals surface area contributed by atoms with E-state index in [4.69, 9.17) is 5.10 Å². The van der Waals surface area contributed by atoms with Crippen LogP contribution in [-0.4, -0.2) is 44.5 Å². The second kappa shape index (κ2) is 8.12. The molecular formula is C27H26FN5. The molecule has 0 saturated carbocycles. The summed E-state index contributed by atoms with van der Waals surface area (Å²) in [5, 5.41) is 14.1. The molecule has 1 unspecified atom stereocenters. The van der Waals surface area contributed by atoms with E-state index in [9.17, 15) is 4.39 Å². The van der Waals surface area contributed by atoms with Gasteiger partial charge in [0.1, 0.15) is 5.82 Å². The minimum Gasteiger partial charge on any atom is -0.303 e. The number of nitrogens with zero attached hydrogens (tertiary/aromatic N) is 4. The molecule has 5 aromatic rings. The van der Waals surface area contributed by atoms with E-state index in [-0.39, 0.29) is 5.82 Å². The number of benzene rings is 3. The van der Waals surface area contributed by atoms with Crippen molar-refractivity contribution in [3.05, 3.63) is 72.8 Å². The highest BCUT2D eigenvalue weighted by molar-refractivity contribution is 6.03. The van der Waals surface area contributed by atoms with Gasteiger partial charge in [-0.25, -0.2) is 4.39 Å². The molecule has 1 aliphatic heterocycles. The van der Waals surface area contributed by atoms with Crippen molar-refractivity contribution in [2.45, 2.75) is 31.8 Å². The minimum absolute atomic E-state index is 0.233. The standard InChI is InChI=1S/C27H26FN5/c1-32-13-2-3-22(32)12-14-33-26-11-9-23(19-6-10-25-20(15-19)16-29-31-25)27(24(26)17-30-33)18-4-7-21(28)8-5-18/h4-11,15-17,22H,2-3,12-14H2,1H3,(H,29,31). The number of halogens is 1. The Morgan fingerprint density at radius 2 is 1.88 bits per heavy atom. The number of hydrogen-bond donors (Lipinski definition) is 1. The molecule has 1 fully saturated rings. The van der Waals surface area contributed by atoms with Crippen LogP contribution in [0.2, 0.25) is 0 Å². The Hall–Kier alpha value is -3.51. The zero-order valence-corrected chi connectivity index (χ0v) is 18.6. The van der Waals surface area contributed by atoms with Crippen LogP contribution in [-0.2, 0) is 6.54 Å². The first kappa shape index (κ1) is 20.1. The third-order valence-corrected chi connectivity index (χ3v) is 7.06. The molecule has 0 amide bonds. The largest absolute Gasteiger partial charge is 0.303 e. The maximum absolute atomic E-state index is 13.7. The number of nitrogens with one attached hydrogen (secondary N) is 1. The van der Waals surface area contributed by atoms with Crippen LogP contribution in [0, 0.1) is 5.82 Å². The topological polar surface area (TPSA) is 49.7 Å². The van der Waals surface area contributed by atoms with Crippen LogP contribution in [0.3, 0.4) is 0 Å². The van der Waals surface area contributed by atoms with Crippen LogP contribution in [0.25, 0.3) is 44.1 Å². The van der Waals surface area contributed by atoms with Crippen molar-refractivity contribution in [1.82, 2.24) is 24.9 Å². The number of aromatic nitrogens is 4. The molecule has 6 rings (SSSR count). The SMILES string of the molecule is CN1CCCC1CCn1ncc2c(-c3ccc(F)cc3)c(-c3ccc4[nH]ncc4c3)ccc21. The maximum Gasteiger partial charge on any atom is 0.123 e. The van der Waals surface area contributed by atoms with Crippen LogP contribution in [0.4, 0.5) is 4.39 Å².